The van der Waals surface area contributed by atoms with E-state index in [9.17, 15) is 8.42 Å². The Kier molecular flexibility index (Phi) is 4.12. The molecule has 86 valence electrons. The molecule has 0 aliphatic heterocycles. The van der Waals surface area contributed by atoms with E-state index < -0.39 is 14.8 Å². The molecule has 0 aromatic rings. The first-order valence-electron chi connectivity index (χ1n) is 4.56. The van der Waals surface area contributed by atoms with Crippen molar-refractivity contribution in [3.05, 3.63) is 0 Å². The highest BCUT2D eigenvalue weighted by molar-refractivity contribution is 7.90. The lowest BCUT2D eigenvalue weighted by Crippen LogP contribution is -2.42. The van der Waals surface area contributed by atoms with Gasteiger partial charge in [-0.2, -0.15) is 0 Å². The lowest BCUT2D eigenvalue weighted by molar-refractivity contribution is 0.0597. The van der Waals surface area contributed by atoms with Crippen molar-refractivity contribution in [1.29, 1.82) is 0 Å². The molecule has 0 bridgehead atoms. The molecule has 0 saturated heterocycles. The van der Waals surface area contributed by atoms with Crippen molar-refractivity contribution in [1.82, 2.24) is 0 Å². The number of rotatable bonds is 4. The molecule has 0 aliphatic rings. The van der Waals surface area contributed by atoms with E-state index in [1.165, 1.54) is 0 Å². The second-order valence-electron chi connectivity index (χ2n) is 5.36. The summed E-state index contributed by atoms with van der Waals surface area (Å²) >= 11 is 0. The van der Waals surface area contributed by atoms with Crippen molar-refractivity contribution >= 4 is 10.0 Å². The lowest BCUT2D eigenvalue weighted by atomic mass is 9.99. The van der Waals surface area contributed by atoms with E-state index in [0.29, 0.717) is 6.61 Å². The topological polar surface area (TPSA) is 69.4 Å². The molecule has 0 unspecified atom stereocenters. The van der Waals surface area contributed by atoms with Gasteiger partial charge in [-0.1, -0.05) is 20.8 Å². The van der Waals surface area contributed by atoms with Crippen LogP contribution in [0.1, 0.15) is 34.6 Å². The Bertz CT molecular complexity index is 275. The quantitative estimate of drug-likeness (QED) is 0.776. The molecule has 5 heteroatoms. The largest absolute Gasteiger partial charge is 0.379 e. The molecule has 0 aliphatic carbocycles. The Morgan fingerprint density at radius 2 is 1.50 bits per heavy atom. The summed E-state index contributed by atoms with van der Waals surface area (Å²) < 4.78 is 26.5. The molecule has 0 spiro atoms. The Labute approximate surface area is 86.9 Å². The maximum Gasteiger partial charge on any atom is 0.216 e. The van der Waals surface area contributed by atoms with Gasteiger partial charge in [-0.15, -0.1) is 0 Å². The molecule has 0 aromatic heterocycles. The lowest BCUT2D eigenvalue weighted by Gasteiger charge is -2.25. The summed E-state index contributed by atoms with van der Waals surface area (Å²) in [7, 11) is -3.55. The smallest absolute Gasteiger partial charge is 0.216 e. The second kappa shape index (κ2) is 4.16. The minimum absolute atomic E-state index is 0.0362. The van der Waals surface area contributed by atoms with Gasteiger partial charge >= 0.3 is 0 Å². The molecule has 0 rings (SSSR count). The van der Waals surface area contributed by atoms with Crippen molar-refractivity contribution < 1.29 is 13.2 Å². The molecule has 4 nitrogen and oxygen atoms in total. The standard InChI is InChI=1S/C9H21NO3S/c1-8(2,3)6-13-7-9(4,5)14(10,11)12/h6-7H2,1-5H3,(H2,10,11,12). The van der Waals surface area contributed by atoms with Crippen molar-refractivity contribution in [2.75, 3.05) is 13.2 Å². The molecule has 0 heterocycles. The first kappa shape index (κ1) is 13.9. The van der Waals surface area contributed by atoms with Gasteiger partial charge in [0.25, 0.3) is 0 Å². The summed E-state index contributed by atoms with van der Waals surface area (Å²) in [6.45, 7) is 9.84. The van der Waals surface area contributed by atoms with Crippen LogP contribution in [0.25, 0.3) is 0 Å². The Hall–Kier alpha value is -0.130. The fourth-order valence-electron chi connectivity index (χ4n) is 0.685. The average molecular weight is 223 g/mol. The van der Waals surface area contributed by atoms with Gasteiger partial charge in [0.2, 0.25) is 10.0 Å². The first-order valence-corrected chi connectivity index (χ1v) is 6.10. The monoisotopic (exact) mass is 223 g/mol. The van der Waals surface area contributed by atoms with Gasteiger partial charge in [0.15, 0.2) is 0 Å². The van der Waals surface area contributed by atoms with Crippen molar-refractivity contribution in [2.45, 2.75) is 39.4 Å². The third kappa shape index (κ3) is 4.93. The SMILES string of the molecule is CC(C)(C)COCC(C)(C)S(N)(=O)=O. The van der Waals surface area contributed by atoms with E-state index >= 15 is 0 Å². The highest BCUT2D eigenvalue weighted by Crippen LogP contribution is 2.17. The summed E-state index contributed by atoms with van der Waals surface area (Å²) in [5.74, 6) is 0. The van der Waals surface area contributed by atoms with Gasteiger partial charge in [-0.3, -0.25) is 0 Å². The number of sulfonamides is 1. The molecular formula is C9H21NO3S. The molecule has 2 N–H and O–H groups in total. The zero-order valence-corrected chi connectivity index (χ0v) is 10.4. The van der Waals surface area contributed by atoms with Gasteiger partial charge in [0.05, 0.1) is 13.2 Å². The number of ether oxygens (including phenoxy) is 1. The van der Waals surface area contributed by atoms with Crippen molar-refractivity contribution in [3.8, 4) is 0 Å². The number of primary sulfonamides is 1. The predicted molar refractivity (Wildman–Crippen MR) is 57.5 cm³/mol. The maximum absolute atomic E-state index is 11.1. The van der Waals surface area contributed by atoms with E-state index in [2.05, 4.69) is 0 Å². The summed E-state index contributed by atoms with van der Waals surface area (Å²) in [4.78, 5) is 0. The van der Waals surface area contributed by atoms with E-state index in [1.807, 2.05) is 20.8 Å². The molecule has 0 fully saturated rings. The van der Waals surface area contributed by atoms with Gasteiger partial charge in [-0.05, 0) is 19.3 Å². The van der Waals surface area contributed by atoms with Crippen LogP contribution < -0.4 is 5.14 Å². The van der Waals surface area contributed by atoms with Gasteiger partial charge < -0.3 is 4.74 Å². The number of hydrogen-bond donors (Lipinski definition) is 1. The number of hydrogen-bond acceptors (Lipinski definition) is 3. The van der Waals surface area contributed by atoms with Crippen LogP contribution in [-0.4, -0.2) is 26.4 Å². The number of nitrogens with two attached hydrogens (primary N) is 1. The summed E-state index contributed by atoms with van der Waals surface area (Å²) in [6, 6.07) is 0. The minimum atomic E-state index is -3.55. The molecular weight excluding hydrogens is 202 g/mol. The summed E-state index contributed by atoms with van der Waals surface area (Å²) in [5.41, 5.74) is 0.0362. The van der Waals surface area contributed by atoms with Crippen LogP contribution in [0.4, 0.5) is 0 Å². The molecule has 0 aromatic carbocycles. The Morgan fingerprint density at radius 1 is 1.07 bits per heavy atom. The molecule has 0 saturated carbocycles. The Balaban J connectivity index is 4.16. The van der Waals surface area contributed by atoms with Crippen LogP contribution in [0.2, 0.25) is 0 Å². The van der Waals surface area contributed by atoms with Gasteiger partial charge in [-0.25, -0.2) is 13.6 Å². The van der Waals surface area contributed by atoms with Crippen LogP contribution >= 0.6 is 0 Å². The fourth-order valence-corrected chi connectivity index (χ4v) is 0.933. The van der Waals surface area contributed by atoms with E-state index in [1.54, 1.807) is 13.8 Å². The predicted octanol–water partition coefficient (Wildman–Crippen LogP) is 1.12. The highest BCUT2D eigenvalue weighted by atomic mass is 32.2. The molecule has 0 amide bonds. The molecule has 0 radical (unpaired) electrons. The van der Waals surface area contributed by atoms with Gasteiger partial charge in [0, 0.05) is 0 Å². The highest BCUT2D eigenvalue weighted by Gasteiger charge is 2.31. The maximum atomic E-state index is 11.1. The third-order valence-corrected chi connectivity index (χ3v) is 3.41. The minimum Gasteiger partial charge on any atom is -0.379 e. The molecule has 0 atom stereocenters. The third-order valence-electron chi connectivity index (χ3n) is 1.75. The van der Waals surface area contributed by atoms with E-state index in [4.69, 9.17) is 9.88 Å². The van der Waals surface area contributed by atoms with Crippen LogP contribution in [0, 0.1) is 5.41 Å². The van der Waals surface area contributed by atoms with E-state index in [0.717, 1.165) is 0 Å². The van der Waals surface area contributed by atoms with Crippen LogP contribution in [0.5, 0.6) is 0 Å². The van der Waals surface area contributed by atoms with E-state index in [-0.39, 0.29) is 12.0 Å². The average Bonchev–Trinajstić information content (AvgIpc) is 1.80. The molecule has 14 heavy (non-hydrogen) atoms. The summed E-state index contributed by atoms with van der Waals surface area (Å²) in [5, 5.41) is 5.06. The van der Waals surface area contributed by atoms with Crippen LogP contribution in [0.3, 0.4) is 0 Å². The zero-order valence-electron chi connectivity index (χ0n) is 9.62. The zero-order chi connectivity index (χ0) is 11.6. The van der Waals surface area contributed by atoms with Gasteiger partial charge in [0.1, 0.15) is 4.75 Å². The summed E-state index contributed by atoms with van der Waals surface area (Å²) in [6.07, 6.45) is 0. The van der Waals surface area contributed by atoms with Crippen molar-refractivity contribution in [3.63, 3.8) is 0 Å². The van der Waals surface area contributed by atoms with Crippen molar-refractivity contribution in [2.24, 2.45) is 10.6 Å². The van der Waals surface area contributed by atoms with Crippen LogP contribution in [0.15, 0.2) is 0 Å². The Morgan fingerprint density at radius 3 is 1.79 bits per heavy atom. The fraction of sp³-hybridized carbons (Fsp3) is 1.00. The first-order chi connectivity index (χ1) is 5.96. The normalized spacial score (nSPS) is 14.4. The second-order valence-corrected chi connectivity index (χ2v) is 7.55. The van der Waals surface area contributed by atoms with Crippen LogP contribution in [-0.2, 0) is 14.8 Å².